The van der Waals surface area contributed by atoms with Crippen LogP contribution in [0.15, 0.2) is 18.2 Å². The van der Waals surface area contributed by atoms with Crippen LogP contribution < -0.4 is 10.6 Å². The van der Waals surface area contributed by atoms with Crippen LogP contribution in [0.4, 0.5) is 14.9 Å². The molecule has 1 aromatic carbocycles. The van der Waals surface area contributed by atoms with E-state index in [9.17, 15) is 14.0 Å². The SMILES string of the molecule is NC(=O)O[C@H]1CCN(c2ccc(I)cc2F)C1=O. The molecule has 1 aromatic rings. The van der Waals surface area contributed by atoms with Gasteiger partial charge < -0.3 is 15.4 Å². The lowest BCUT2D eigenvalue weighted by Gasteiger charge is -2.17. The van der Waals surface area contributed by atoms with E-state index in [1.54, 1.807) is 6.07 Å². The molecule has 1 fully saturated rings. The number of nitrogens with zero attached hydrogens (tertiary/aromatic N) is 1. The summed E-state index contributed by atoms with van der Waals surface area (Å²) in [7, 11) is 0. The number of benzene rings is 1. The second kappa shape index (κ2) is 5.09. The largest absolute Gasteiger partial charge is 0.436 e. The van der Waals surface area contributed by atoms with Gasteiger partial charge in [-0.05, 0) is 40.8 Å². The zero-order valence-electron chi connectivity index (χ0n) is 9.23. The Morgan fingerprint density at radius 3 is 2.89 bits per heavy atom. The van der Waals surface area contributed by atoms with Gasteiger partial charge in [0.2, 0.25) is 0 Å². The number of hydrogen-bond acceptors (Lipinski definition) is 3. The summed E-state index contributed by atoms with van der Waals surface area (Å²) >= 11 is 1.98. The normalized spacial score (nSPS) is 19.1. The number of carbonyl (C=O) groups is 2. The van der Waals surface area contributed by atoms with Crippen molar-refractivity contribution in [3.8, 4) is 0 Å². The van der Waals surface area contributed by atoms with Crippen LogP contribution in [0.2, 0.25) is 0 Å². The Morgan fingerprint density at radius 1 is 1.56 bits per heavy atom. The third kappa shape index (κ3) is 2.55. The van der Waals surface area contributed by atoms with Crippen LogP contribution in [-0.4, -0.2) is 24.6 Å². The maximum atomic E-state index is 13.7. The molecule has 1 saturated heterocycles. The highest BCUT2D eigenvalue weighted by atomic mass is 127. The van der Waals surface area contributed by atoms with E-state index < -0.39 is 23.9 Å². The number of ether oxygens (including phenoxy) is 1. The highest BCUT2D eigenvalue weighted by Gasteiger charge is 2.36. The lowest BCUT2D eigenvalue weighted by molar-refractivity contribution is -0.124. The number of primary amides is 1. The first kappa shape index (κ1) is 13.1. The fraction of sp³-hybridized carbons (Fsp3) is 0.273. The molecule has 2 rings (SSSR count). The predicted molar refractivity (Wildman–Crippen MR) is 70.5 cm³/mol. The van der Waals surface area contributed by atoms with Crippen molar-refractivity contribution in [2.45, 2.75) is 12.5 Å². The van der Waals surface area contributed by atoms with Crippen molar-refractivity contribution in [3.05, 3.63) is 27.6 Å². The number of anilines is 1. The third-order valence-corrected chi connectivity index (χ3v) is 3.29. The molecule has 7 heteroatoms. The summed E-state index contributed by atoms with van der Waals surface area (Å²) in [5.74, 6) is -0.927. The van der Waals surface area contributed by atoms with Crippen LogP contribution in [0.1, 0.15) is 6.42 Å². The standard InChI is InChI=1S/C11H10FIN2O3/c12-7-5-6(13)1-2-8(7)15-4-3-9(10(15)16)18-11(14)17/h1-2,5,9H,3-4H2,(H2,14,17)/t9-/m0/s1. The minimum absolute atomic E-state index is 0.191. The number of halogens is 2. The second-order valence-electron chi connectivity index (χ2n) is 3.80. The highest BCUT2D eigenvalue weighted by molar-refractivity contribution is 14.1. The van der Waals surface area contributed by atoms with Crippen molar-refractivity contribution >= 4 is 40.3 Å². The lowest BCUT2D eigenvalue weighted by atomic mass is 10.3. The van der Waals surface area contributed by atoms with Gasteiger partial charge in [-0.1, -0.05) is 0 Å². The zero-order valence-corrected chi connectivity index (χ0v) is 11.4. The topological polar surface area (TPSA) is 72.6 Å². The molecule has 1 heterocycles. The Bertz CT molecular complexity index is 509. The molecule has 0 radical (unpaired) electrons. The molecule has 0 aliphatic carbocycles. The average Bonchev–Trinajstić information content (AvgIpc) is 2.60. The Labute approximate surface area is 116 Å². The predicted octanol–water partition coefficient (Wildman–Crippen LogP) is 1.63. The van der Waals surface area contributed by atoms with Crippen LogP contribution in [0.5, 0.6) is 0 Å². The van der Waals surface area contributed by atoms with Crippen LogP contribution >= 0.6 is 22.6 Å². The second-order valence-corrected chi connectivity index (χ2v) is 5.05. The van der Waals surface area contributed by atoms with E-state index in [0.717, 1.165) is 3.57 Å². The minimum atomic E-state index is -1.00. The van der Waals surface area contributed by atoms with E-state index in [1.807, 2.05) is 22.6 Å². The molecule has 0 unspecified atom stereocenters. The molecule has 0 aromatic heterocycles. The van der Waals surface area contributed by atoms with Crippen LogP contribution in [0, 0.1) is 9.39 Å². The number of nitrogens with two attached hydrogens (primary N) is 1. The van der Waals surface area contributed by atoms with Crippen LogP contribution in [0.25, 0.3) is 0 Å². The van der Waals surface area contributed by atoms with E-state index in [2.05, 4.69) is 4.74 Å². The maximum Gasteiger partial charge on any atom is 0.405 e. The van der Waals surface area contributed by atoms with Crippen LogP contribution in [-0.2, 0) is 9.53 Å². The molecular weight excluding hydrogens is 354 g/mol. The molecule has 1 atom stereocenters. The molecule has 18 heavy (non-hydrogen) atoms. The summed E-state index contributed by atoms with van der Waals surface area (Å²) in [6, 6.07) is 4.57. The lowest BCUT2D eigenvalue weighted by Crippen LogP contribution is -2.33. The average molecular weight is 364 g/mol. The first-order valence-corrected chi connectivity index (χ1v) is 6.29. The van der Waals surface area contributed by atoms with E-state index in [0.29, 0.717) is 13.0 Å². The fourth-order valence-electron chi connectivity index (χ4n) is 1.84. The highest BCUT2D eigenvalue weighted by Crippen LogP contribution is 2.26. The first-order valence-electron chi connectivity index (χ1n) is 5.21. The quantitative estimate of drug-likeness (QED) is 0.811. The third-order valence-electron chi connectivity index (χ3n) is 2.62. The molecule has 2 amide bonds. The van der Waals surface area contributed by atoms with Crippen molar-refractivity contribution in [1.82, 2.24) is 0 Å². The van der Waals surface area contributed by atoms with Crippen molar-refractivity contribution < 1.29 is 18.7 Å². The molecule has 1 aliphatic rings. The summed E-state index contributed by atoms with van der Waals surface area (Å²) in [4.78, 5) is 23.8. The molecule has 96 valence electrons. The fourth-order valence-corrected chi connectivity index (χ4v) is 2.30. The van der Waals surface area contributed by atoms with Gasteiger partial charge in [0, 0.05) is 16.5 Å². The molecule has 2 N–H and O–H groups in total. The van der Waals surface area contributed by atoms with Gasteiger partial charge in [-0.3, -0.25) is 4.79 Å². The van der Waals surface area contributed by atoms with E-state index >= 15 is 0 Å². The molecule has 0 bridgehead atoms. The number of amides is 2. The number of hydrogen-bond donors (Lipinski definition) is 1. The Balaban J connectivity index is 2.20. The van der Waals surface area contributed by atoms with Gasteiger partial charge in [-0.25, -0.2) is 9.18 Å². The number of rotatable bonds is 2. The van der Waals surface area contributed by atoms with Gasteiger partial charge in [-0.2, -0.15) is 0 Å². The summed E-state index contributed by atoms with van der Waals surface area (Å²) in [5, 5.41) is 0. The van der Waals surface area contributed by atoms with E-state index in [4.69, 9.17) is 5.73 Å². The van der Waals surface area contributed by atoms with Crippen molar-refractivity contribution in [1.29, 1.82) is 0 Å². The Morgan fingerprint density at radius 2 is 2.28 bits per heavy atom. The van der Waals surface area contributed by atoms with E-state index in [1.165, 1.54) is 17.0 Å². The smallest absolute Gasteiger partial charge is 0.405 e. The molecular formula is C11H10FIN2O3. The Kier molecular flexibility index (Phi) is 3.69. The molecule has 1 aliphatic heterocycles. The van der Waals surface area contributed by atoms with Gasteiger partial charge in [-0.15, -0.1) is 0 Å². The summed E-state index contributed by atoms with van der Waals surface area (Å²) in [6.45, 7) is 0.300. The van der Waals surface area contributed by atoms with Gasteiger partial charge in [0.1, 0.15) is 5.82 Å². The van der Waals surface area contributed by atoms with Crippen molar-refractivity contribution in [2.24, 2.45) is 5.73 Å². The van der Waals surface area contributed by atoms with Crippen molar-refractivity contribution in [3.63, 3.8) is 0 Å². The minimum Gasteiger partial charge on any atom is -0.436 e. The van der Waals surface area contributed by atoms with Gasteiger partial charge >= 0.3 is 6.09 Å². The van der Waals surface area contributed by atoms with Gasteiger partial charge in [0.15, 0.2) is 6.10 Å². The maximum absolute atomic E-state index is 13.7. The van der Waals surface area contributed by atoms with Gasteiger partial charge in [0.25, 0.3) is 5.91 Å². The summed E-state index contributed by atoms with van der Waals surface area (Å²) in [6.07, 6.45) is -1.60. The number of carbonyl (C=O) groups excluding carboxylic acids is 2. The molecule has 0 spiro atoms. The van der Waals surface area contributed by atoms with Gasteiger partial charge in [0.05, 0.1) is 5.69 Å². The monoisotopic (exact) mass is 364 g/mol. The first-order chi connectivity index (χ1) is 8.49. The molecule has 5 nitrogen and oxygen atoms in total. The van der Waals surface area contributed by atoms with Crippen molar-refractivity contribution in [2.75, 3.05) is 11.4 Å². The van der Waals surface area contributed by atoms with Crippen LogP contribution in [0.3, 0.4) is 0 Å². The summed E-state index contributed by atoms with van der Waals surface area (Å²) in [5.41, 5.74) is 5.05. The zero-order chi connectivity index (χ0) is 13.3. The molecule has 0 saturated carbocycles. The summed E-state index contributed by atoms with van der Waals surface area (Å²) < 4.78 is 19.1. The van der Waals surface area contributed by atoms with E-state index in [-0.39, 0.29) is 5.69 Å². The Hall–Kier alpha value is -1.38.